The van der Waals surface area contributed by atoms with Crippen LogP contribution in [0.2, 0.25) is 0 Å². The number of nitriles is 1. The first-order valence-corrected chi connectivity index (χ1v) is 7.17. The first-order valence-electron chi connectivity index (χ1n) is 6.37. The van der Waals surface area contributed by atoms with Gasteiger partial charge in [-0.1, -0.05) is 6.92 Å². The molecule has 0 aliphatic carbocycles. The van der Waals surface area contributed by atoms with Gasteiger partial charge in [0.05, 0.1) is 11.1 Å². The van der Waals surface area contributed by atoms with Crippen LogP contribution in [0.5, 0.6) is 11.5 Å². The van der Waals surface area contributed by atoms with Crippen LogP contribution in [0, 0.1) is 11.3 Å². The first kappa shape index (κ1) is 15.8. The molecule has 4 nitrogen and oxygen atoms in total. The average Bonchev–Trinajstić information content (AvgIpc) is 2.39. The highest BCUT2D eigenvalue weighted by molar-refractivity contribution is 9.10. The summed E-state index contributed by atoms with van der Waals surface area (Å²) in [4.78, 5) is 0. The molecule has 0 aliphatic heterocycles. The lowest BCUT2D eigenvalue weighted by Crippen LogP contribution is -2.14. The van der Waals surface area contributed by atoms with Crippen molar-refractivity contribution in [2.24, 2.45) is 5.73 Å². The molecule has 5 heteroatoms. The van der Waals surface area contributed by atoms with Crippen molar-refractivity contribution in [1.29, 1.82) is 5.26 Å². The molecule has 2 N–H and O–H groups in total. The van der Waals surface area contributed by atoms with Gasteiger partial charge in [-0.15, -0.1) is 0 Å². The third kappa shape index (κ3) is 4.41. The van der Waals surface area contributed by atoms with Crippen molar-refractivity contribution in [2.45, 2.75) is 32.8 Å². The zero-order valence-corrected chi connectivity index (χ0v) is 12.9. The van der Waals surface area contributed by atoms with Gasteiger partial charge >= 0.3 is 0 Å². The molecule has 1 atom stereocenters. The third-order valence-corrected chi connectivity index (χ3v) is 3.17. The van der Waals surface area contributed by atoms with Crippen molar-refractivity contribution in [3.8, 4) is 17.6 Å². The second kappa shape index (κ2) is 8.03. The number of nitrogens with zero attached hydrogens (tertiary/aromatic N) is 1. The first-order chi connectivity index (χ1) is 9.15. The fourth-order valence-corrected chi connectivity index (χ4v) is 2.24. The molecule has 0 saturated heterocycles. The van der Waals surface area contributed by atoms with E-state index in [0.717, 1.165) is 16.5 Å². The monoisotopic (exact) mass is 326 g/mol. The van der Waals surface area contributed by atoms with Crippen molar-refractivity contribution in [1.82, 2.24) is 0 Å². The Hall–Kier alpha value is -1.25. The van der Waals surface area contributed by atoms with Gasteiger partial charge in [0.2, 0.25) is 0 Å². The van der Waals surface area contributed by atoms with Crippen LogP contribution >= 0.6 is 15.9 Å². The van der Waals surface area contributed by atoms with Crippen LogP contribution in [0.15, 0.2) is 16.6 Å². The molecule has 1 rings (SSSR count). The second-order valence-corrected chi connectivity index (χ2v) is 4.87. The lowest BCUT2D eigenvalue weighted by atomic mass is 10.1. The molecule has 1 aromatic rings. The maximum absolute atomic E-state index is 8.99. The van der Waals surface area contributed by atoms with E-state index in [1.54, 1.807) is 0 Å². The van der Waals surface area contributed by atoms with Gasteiger partial charge in [0, 0.05) is 0 Å². The van der Waals surface area contributed by atoms with Gasteiger partial charge in [-0.25, -0.2) is 0 Å². The van der Waals surface area contributed by atoms with Crippen molar-refractivity contribution < 1.29 is 9.47 Å². The molecule has 1 aromatic carbocycles. The smallest absolute Gasteiger partial charge is 0.184 e. The highest BCUT2D eigenvalue weighted by atomic mass is 79.9. The van der Waals surface area contributed by atoms with E-state index in [-0.39, 0.29) is 0 Å². The summed E-state index contributed by atoms with van der Waals surface area (Å²) in [6.45, 7) is 4.94. The summed E-state index contributed by atoms with van der Waals surface area (Å²) in [6, 6.07) is 5.99. The molecular weight excluding hydrogens is 308 g/mol. The maximum Gasteiger partial charge on any atom is 0.184 e. The molecule has 0 fully saturated rings. The largest absolute Gasteiger partial charge is 0.490 e. The topological polar surface area (TPSA) is 68.3 Å². The lowest BCUT2D eigenvalue weighted by molar-refractivity contribution is 0.230. The zero-order valence-electron chi connectivity index (χ0n) is 11.3. The molecule has 0 bridgehead atoms. The Bertz CT molecular complexity index is 457. The quantitative estimate of drug-likeness (QED) is 0.836. The van der Waals surface area contributed by atoms with E-state index in [1.165, 1.54) is 0 Å². The van der Waals surface area contributed by atoms with Crippen molar-refractivity contribution in [3.63, 3.8) is 0 Å². The van der Waals surface area contributed by atoms with Gasteiger partial charge in [-0.05, 0) is 59.9 Å². The van der Waals surface area contributed by atoms with Gasteiger partial charge in [-0.2, -0.15) is 5.26 Å². The van der Waals surface area contributed by atoms with Crippen LogP contribution in [0.25, 0.3) is 0 Å². The molecule has 0 spiro atoms. The molecule has 0 aromatic heterocycles. The standard InChI is InChI=1S/C14H19BrN2O2/c1-3-11(9-17)19-14-12(15)7-10(5-6-16)8-13(14)18-4-2/h7-8,11H,3-6,16H2,1-2H3. The minimum absolute atomic E-state index is 0.476. The van der Waals surface area contributed by atoms with E-state index in [9.17, 15) is 0 Å². The Morgan fingerprint density at radius 2 is 2.16 bits per heavy atom. The SMILES string of the molecule is CCOc1cc(CCN)cc(Br)c1OC(C#N)CC. The van der Waals surface area contributed by atoms with E-state index in [1.807, 2.05) is 26.0 Å². The third-order valence-electron chi connectivity index (χ3n) is 2.58. The zero-order chi connectivity index (χ0) is 14.3. The predicted molar refractivity (Wildman–Crippen MR) is 78.4 cm³/mol. The van der Waals surface area contributed by atoms with E-state index >= 15 is 0 Å². The van der Waals surface area contributed by atoms with Gasteiger partial charge in [0.15, 0.2) is 17.6 Å². The summed E-state index contributed by atoms with van der Waals surface area (Å²) >= 11 is 3.47. The Labute approximate surface area is 122 Å². The Balaban J connectivity index is 3.10. The molecule has 0 amide bonds. The van der Waals surface area contributed by atoms with Gasteiger partial charge in [0.25, 0.3) is 0 Å². The number of benzene rings is 1. The maximum atomic E-state index is 8.99. The number of ether oxygens (including phenoxy) is 2. The summed E-state index contributed by atoms with van der Waals surface area (Å²) < 4.78 is 12.1. The molecule has 0 radical (unpaired) electrons. The molecule has 0 aliphatic rings. The second-order valence-electron chi connectivity index (χ2n) is 4.02. The van der Waals surface area contributed by atoms with Crippen molar-refractivity contribution in [2.75, 3.05) is 13.2 Å². The minimum atomic E-state index is -0.476. The number of hydrogen-bond acceptors (Lipinski definition) is 4. The summed E-state index contributed by atoms with van der Waals surface area (Å²) in [5, 5.41) is 8.99. The van der Waals surface area contributed by atoms with E-state index in [0.29, 0.717) is 31.1 Å². The highest BCUT2D eigenvalue weighted by Gasteiger charge is 2.16. The summed E-state index contributed by atoms with van der Waals surface area (Å²) in [7, 11) is 0. The van der Waals surface area contributed by atoms with Crippen LogP contribution < -0.4 is 15.2 Å². The van der Waals surface area contributed by atoms with Gasteiger partial charge in [-0.3, -0.25) is 0 Å². The highest BCUT2D eigenvalue weighted by Crippen LogP contribution is 2.37. The molecule has 104 valence electrons. The van der Waals surface area contributed by atoms with E-state index in [4.69, 9.17) is 20.5 Å². The summed E-state index contributed by atoms with van der Waals surface area (Å²) in [5.74, 6) is 1.23. The molecule has 19 heavy (non-hydrogen) atoms. The van der Waals surface area contributed by atoms with Crippen LogP contribution in [0.1, 0.15) is 25.8 Å². The van der Waals surface area contributed by atoms with Gasteiger partial charge < -0.3 is 15.2 Å². The minimum Gasteiger partial charge on any atom is -0.490 e. The van der Waals surface area contributed by atoms with Crippen LogP contribution in [0.3, 0.4) is 0 Å². The van der Waals surface area contributed by atoms with Gasteiger partial charge in [0.1, 0.15) is 6.07 Å². The molecule has 0 heterocycles. The van der Waals surface area contributed by atoms with E-state index in [2.05, 4.69) is 22.0 Å². The Kier molecular flexibility index (Phi) is 6.68. The number of halogens is 1. The Morgan fingerprint density at radius 3 is 2.68 bits per heavy atom. The summed E-state index contributed by atoms with van der Waals surface area (Å²) in [5.41, 5.74) is 6.64. The average molecular weight is 327 g/mol. The Morgan fingerprint density at radius 1 is 1.42 bits per heavy atom. The van der Waals surface area contributed by atoms with Crippen molar-refractivity contribution in [3.05, 3.63) is 22.2 Å². The lowest BCUT2D eigenvalue weighted by Gasteiger charge is -2.17. The fourth-order valence-electron chi connectivity index (χ4n) is 1.65. The normalized spacial score (nSPS) is 11.7. The fraction of sp³-hybridized carbons (Fsp3) is 0.500. The number of nitrogens with two attached hydrogens (primary N) is 1. The van der Waals surface area contributed by atoms with Crippen LogP contribution in [-0.2, 0) is 6.42 Å². The number of hydrogen-bond donors (Lipinski definition) is 1. The number of rotatable bonds is 7. The molecular formula is C14H19BrN2O2. The van der Waals surface area contributed by atoms with Crippen molar-refractivity contribution >= 4 is 15.9 Å². The molecule has 0 saturated carbocycles. The molecule has 1 unspecified atom stereocenters. The summed E-state index contributed by atoms with van der Waals surface area (Å²) in [6.07, 6.45) is 0.920. The van der Waals surface area contributed by atoms with Crippen LogP contribution in [0.4, 0.5) is 0 Å². The van der Waals surface area contributed by atoms with E-state index < -0.39 is 6.10 Å². The predicted octanol–water partition coefficient (Wildman–Crippen LogP) is 3.03. The van der Waals surface area contributed by atoms with Crippen LogP contribution in [-0.4, -0.2) is 19.3 Å².